The van der Waals surface area contributed by atoms with Gasteiger partial charge in [-0.05, 0) is 49.1 Å². The molecule has 0 saturated heterocycles. The fourth-order valence-corrected chi connectivity index (χ4v) is 4.66. The van der Waals surface area contributed by atoms with Gasteiger partial charge in [0.1, 0.15) is 24.0 Å². The summed E-state index contributed by atoms with van der Waals surface area (Å²) in [4.78, 5) is 29.0. The van der Waals surface area contributed by atoms with Crippen LogP contribution in [0.15, 0.2) is 48.0 Å². The zero-order valence-corrected chi connectivity index (χ0v) is 20.4. The molecule has 35 heavy (non-hydrogen) atoms. The average molecular weight is 514 g/mol. The van der Waals surface area contributed by atoms with E-state index in [1.54, 1.807) is 19.1 Å². The Morgan fingerprint density at radius 3 is 2.77 bits per heavy atom. The van der Waals surface area contributed by atoms with Gasteiger partial charge in [-0.15, -0.1) is 11.3 Å². The fourth-order valence-electron chi connectivity index (χ4n) is 3.42. The molecule has 0 atom stereocenters. The summed E-state index contributed by atoms with van der Waals surface area (Å²) in [5.74, 6) is -0.645. The van der Waals surface area contributed by atoms with Crippen LogP contribution in [0.25, 0.3) is 10.1 Å². The van der Waals surface area contributed by atoms with E-state index in [9.17, 15) is 14.0 Å². The minimum absolute atomic E-state index is 0.131. The Balaban J connectivity index is 1.54. The summed E-state index contributed by atoms with van der Waals surface area (Å²) in [5.41, 5.74) is 8.81. The first-order valence-corrected chi connectivity index (χ1v) is 11.9. The fraction of sp³-hybridized carbons (Fsp3) is 0.160. The molecule has 0 saturated carbocycles. The van der Waals surface area contributed by atoms with Gasteiger partial charge >= 0.3 is 5.97 Å². The Hall–Kier alpha value is -3.69. The highest BCUT2D eigenvalue weighted by Gasteiger charge is 2.19. The summed E-state index contributed by atoms with van der Waals surface area (Å²) < 4.78 is 25.2. The van der Waals surface area contributed by atoms with Crippen LogP contribution < -0.4 is 15.8 Å². The number of nitrogens with one attached hydrogen (secondary N) is 1. The lowest BCUT2D eigenvalue weighted by Crippen LogP contribution is -2.12. The van der Waals surface area contributed by atoms with Crippen molar-refractivity contribution in [1.82, 2.24) is 4.98 Å². The summed E-state index contributed by atoms with van der Waals surface area (Å²) in [6, 6.07) is 9.00. The molecule has 0 bridgehead atoms. The number of nitrogens with two attached hydrogens (primary N) is 1. The van der Waals surface area contributed by atoms with Crippen molar-refractivity contribution in [3.8, 4) is 5.75 Å². The van der Waals surface area contributed by atoms with Gasteiger partial charge < -0.3 is 20.5 Å². The Labute approximate surface area is 209 Å². The predicted molar refractivity (Wildman–Crippen MR) is 135 cm³/mol. The van der Waals surface area contributed by atoms with Crippen molar-refractivity contribution in [2.45, 2.75) is 20.5 Å². The number of benzene rings is 2. The summed E-state index contributed by atoms with van der Waals surface area (Å²) in [6.07, 6.45) is 1.42. The van der Waals surface area contributed by atoms with Gasteiger partial charge in [0.2, 0.25) is 0 Å². The molecule has 0 fully saturated rings. The van der Waals surface area contributed by atoms with Gasteiger partial charge in [0.05, 0.1) is 21.9 Å². The Kier molecular flexibility index (Phi) is 7.18. The van der Waals surface area contributed by atoms with E-state index in [1.165, 1.54) is 29.7 Å². The van der Waals surface area contributed by atoms with Gasteiger partial charge in [0.15, 0.2) is 0 Å². The molecule has 10 heteroatoms. The third-order valence-electron chi connectivity index (χ3n) is 5.21. The molecular weight excluding hydrogens is 493 g/mol. The third kappa shape index (κ3) is 5.21. The molecule has 0 spiro atoms. The first kappa shape index (κ1) is 24.4. The number of carbonyl (C=O) groups is 2. The third-order valence-corrected chi connectivity index (χ3v) is 6.56. The number of fused-ring (bicyclic) bond motifs is 1. The van der Waals surface area contributed by atoms with Crippen LogP contribution in [-0.4, -0.2) is 23.5 Å². The highest BCUT2D eigenvalue weighted by Crippen LogP contribution is 2.34. The SMILES string of the molecule is CCOC(=O)c1cnc(N)c2c(COc3cc(NC(=O)c4ccc(F)c(Cl)c4)ccc3C)csc12. The van der Waals surface area contributed by atoms with Crippen molar-refractivity contribution in [2.75, 3.05) is 17.7 Å². The van der Waals surface area contributed by atoms with E-state index in [1.807, 2.05) is 18.4 Å². The average Bonchev–Trinajstić information content (AvgIpc) is 3.26. The standard InChI is InChI=1S/C25H21ClFN3O4S/c1-3-33-25(32)17-10-29-23(28)21-15(12-35-22(17)21)11-34-20-9-16(6-4-13(20)2)30-24(31)14-5-7-19(27)18(26)8-14/h4-10,12H,3,11H2,1-2H3,(H2,28,29)(H,30,31). The zero-order valence-electron chi connectivity index (χ0n) is 18.9. The first-order chi connectivity index (χ1) is 16.8. The smallest absolute Gasteiger partial charge is 0.341 e. The second-order valence-corrected chi connectivity index (χ2v) is 8.88. The van der Waals surface area contributed by atoms with E-state index in [-0.39, 0.29) is 23.8 Å². The number of aryl methyl sites for hydroxylation is 1. The zero-order chi connectivity index (χ0) is 25.1. The second-order valence-electron chi connectivity index (χ2n) is 7.59. The monoisotopic (exact) mass is 513 g/mol. The van der Waals surface area contributed by atoms with Crippen molar-refractivity contribution in [3.63, 3.8) is 0 Å². The molecule has 0 aliphatic heterocycles. The quantitative estimate of drug-likeness (QED) is 0.294. The maximum atomic E-state index is 13.4. The van der Waals surface area contributed by atoms with Crippen LogP contribution in [0.1, 0.15) is 38.8 Å². The lowest BCUT2D eigenvalue weighted by molar-refractivity contribution is 0.0528. The Morgan fingerprint density at radius 2 is 2.03 bits per heavy atom. The van der Waals surface area contributed by atoms with E-state index in [2.05, 4.69) is 10.3 Å². The van der Waals surface area contributed by atoms with Crippen molar-refractivity contribution < 1.29 is 23.5 Å². The number of thiophene rings is 1. The van der Waals surface area contributed by atoms with Crippen molar-refractivity contribution in [1.29, 1.82) is 0 Å². The molecule has 0 aliphatic rings. The normalized spacial score (nSPS) is 10.9. The molecule has 2 aromatic carbocycles. The maximum absolute atomic E-state index is 13.4. The molecule has 0 radical (unpaired) electrons. The molecule has 4 rings (SSSR count). The number of ether oxygens (including phenoxy) is 2. The summed E-state index contributed by atoms with van der Waals surface area (Å²) in [5, 5.41) is 5.14. The number of rotatable bonds is 7. The van der Waals surface area contributed by atoms with E-state index in [0.717, 1.165) is 17.2 Å². The Bertz CT molecular complexity index is 1440. The van der Waals surface area contributed by atoms with Crippen LogP contribution in [0.5, 0.6) is 5.75 Å². The number of amides is 1. The lowest BCUT2D eigenvalue weighted by Gasteiger charge is -2.12. The largest absolute Gasteiger partial charge is 0.489 e. The first-order valence-electron chi connectivity index (χ1n) is 10.6. The van der Waals surface area contributed by atoms with E-state index < -0.39 is 17.7 Å². The van der Waals surface area contributed by atoms with Gasteiger partial charge in [0, 0.05) is 34.5 Å². The molecular formula is C25H21ClFN3O4S. The van der Waals surface area contributed by atoms with Crippen LogP contribution in [0.2, 0.25) is 5.02 Å². The van der Waals surface area contributed by atoms with Crippen LogP contribution in [0, 0.1) is 12.7 Å². The van der Waals surface area contributed by atoms with E-state index in [4.69, 9.17) is 26.8 Å². The number of hydrogen-bond donors (Lipinski definition) is 2. The number of nitrogen functional groups attached to an aromatic ring is 1. The van der Waals surface area contributed by atoms with Crippen molar-refractivity contribution in [2.24, 2.45) is 0 Å². The van der Waals surface area contributed by atoms with Gasteiger partial charge in [-0.2, -0.15) is 0 Å². The highest BCUT2D eigenvalue weighted by molar-refractivity contribution is 7.17. The molecule has 0 unspecified atom stereocenters. The highest BCUT2D eigenvalue weighted by atomic mass is 35.5. The molecule has 2 heterocycles. The molecule has 3 N–H and O–H groups in total. The number of halogens is 2. The minimum atomic E-state index is -0.597. The number of pyridine rings is 1. The number of anilines is 2. The number of aromatic nitrogens is 1. The number of nitrogens with zero attached hydrogens (tertiary/aromatic N) is 1. The lowest BCUT2D eigenvalue weighted by atomic mass is 10.1. The van der Waals surface area contributed by atoms with E-state index >= 15 is 0 Å². The van der Waals surface area contributed by atoms with Gasteiger partial charge in [-0.3, -0.25) is 4.79 Å². The van der Waals surface area contributed by atoms with Crippen molar-refractivity contribution >= 4 is 56.4 Å². The van der Waals surface area contributed by atoms with Crippen LogP contribution in [0.4, 0.5) is 15.9 Å². The van der Waals surface area contributed by atoms with Crippen LogP contribution in [-0.2, 0) is 11.3 Å². The Morgan fingerprint density at radius 1 is 1.23 bits per heavy atom. The maximum Gasteiger partial charge on any atom is 0.341 e. The molecule has 180 valence electrons. The predicted octanol–water partition coefficient (Wildman–Crippen LogP) is 5.99. The van der Waals surface area contributed by atoms with Crippen molar-refractivity contribution in [3.05, 3.63) is 81.1 Å². The van der Waals surface area contributed by atoms with Gasteiger partial charge in [-0.1, -0.05) is 17.7 Å². The number of carbonyl (C=O) groups excluding carboxylic acids is 2. The molecule has 1 amide bonds. The topological polar surface area (TPSA) is 104 Å². The molecule has 0 aliphatic carbocycles. The summed E-state index contributed by atoms with van der Waals surface area (Å²) in [7, 11) is 0. The van der Waals surface area contributed by atoms with Crippen LogP contribution >= 0.6 is 22.9 Å². The number of esters is 1. The molecule has 2 aromatic heterocycles. The van der Waals surface area contributed by atoms with E-state index in [0.29, 0.717) is 32.9 Å². The second kappa shape index (κ2) is 10.3. The summed E-state index contributed by atoms with van der Waals surface area (Å²) >= 11 is 7.14. The molecule has 4 aromatic rings. The molecule has 7 nitrogen and oxygen atoms in total. The number of hydrogen-bond acceptors (Lipinski definition) is 7. The summed E-state index contributed by atoms with van der Waals surface area (Å²) in [6.45, 7) is 4.04. The minimum Gasteiger partial charge on any atom is -0.489 e. The van der Waals surface area contributed by atoms with Crippen LogP contribution in [0.3, 0.4) is 0 Å². The van der Waals surface area contributed by atoms with Gasteiger partial charge in [0.25, 0.3) is 5.91 Å². The van der Waals surface area contributed by atoms with Gasteiger partial charge in [-0.25, -0.2) is 14.2 Å².